The number of amides is 2. The van der Waals surface area contributed by atoms with E-state index in [-0.39, 0.29) is 11.8 Å². The Bertz CT molecular complexity index is 501. The predicted molar refractivity (Wildman–Crippen MR) is 78.2 cm³/mol. The molecule has 0 unspecified atom stereocenters. The number of thioether (sulfide) groups is 1. The highest BCUT2D eigenvalue weighted by Gasteiger charge is 2.22. The number of piperazine rings is 1. The highest BCUT2D eigenvalue weighted by atomic mass is 32.2. The molecule has 6 nitrogen and oxygen atoms in total. The van der Waals surface area contributed by atoms with Gasteiger partial charge in [-0.25, -0.2) is 0 Å². The average Bonchev–Trinajstić information content (AvgIpc) is 2.46. The van der Waals surface area contributed by atoms with Crippen molar-refractivity contribution in [2.45, 2.75) is 11.8 Å². The number of nitrogens with zero attached hydrogens (tertiary/aromatic N) is 3. The molecule has 0 saturated carbocycles. The van der Waals surface area contributed by atoms with Gasteiger partial charge in [0.05, 0.1) is 17.6 Å². The smallest absolute Gasteiger partial charge is 0.233 e. The quantitative estimate of drug-likeness (QED) is 0.819. The van der Waals surface area contributed by atoms with Gasteiger partial charge in [0.25, 0.3) is 0 Å². The van der Waals surface area contributed by atoms with E-state index >= 15 is 0 Å². The molecule has 2 N–H and O–H groups in total. The second kappa shape index (κ2) is 6.60. The van der Waals surface area contributed by atoms with E-state index in [1.54, 1.807) is 35.2 Å². The number of aromatic nitrogens is 1. The SMILES string of the molecule is CC(=O)N1CCN(C(=O)CSc2ccncc2N)CC1. The molecular formula is C13H18N4O2S. The van der Waals surface area contributed by atoms with E-state index in [9.17, 15) is 9.59 Å². The minimum Gasteiger partial charge on any atom is -0.397 e. The average molecular weight is 294 g/mol. The van der Waals surface area contributed by atoms with E-state index < -0.39 is 0 Å². The van der Waals surface area contributed by atoms with Crippen LogP contribution < -0.4 is 5.73 Å². The molecule has 0 aliphatic carbocycles. The van der Waals surface area contributed by atoms with Crippen molar-refractivity contribution in [1.29, 1.82) is 0 Å². The molecule has 108 valence electrons. The van der Waals surface area contributed by atoms with Crippen molar-refractivity contribution in [3.63, 3.8) is 0 Å². The van der Waals surface area contributed by atoms with Crippen LogP contribution in [0.2, 0.25) is 0 Å². The van der Waals surface area contributed by atoms with Gasteiger partial charge in [-0.05, 0) is 6.07 Å². The standard InChI is InChI=1S/C13H18N4O2S/c1-10(18)16-4-6-17(7-5-16)13(19)9-20-12-2-3-15-8-11(12)14/h2-3,8H,4-7,9,14H2,1H3. The van der Waals surface area contributed by atoms with Crippen LogP contribution >= 0.6 is 11.8 Å². The summed E-state index contributed by atoms with van der Waals surface area (Å²) in [5.74, 6) is 0.499. The highest BCUT2D eigenvalue weighted by molar-refractivity contribution is 8.00. The van der Waals surface area contributed by atoms with Gasteiger partial charge in [0.15, 0.2) is 0 Å². The molecule has 0 radical (unpaired) electrons. The molecule has 2 amide bonds. The molecule has 0 spiro atoms. The molecule has 7 heteroatoms. The van der Waals surface area contributed by atoms with E-state index in [1.165, 1.54) is 11.8 Å². The molecule has 1 aromatic rings. The Labute approximate surface area is 122 Å². The minimum atomic E-state index is 0.0658. The van der Waals surface area contributed by atoms with E-state index in [0.717, 1.165) is 4.90 Å². The summed E-state index contributed by atoms with van der Waals surface area (Å²) in [6.45, 7) is 3.99. The third-order valence-electron chi connectivity index (χ3n) is 3.24. The lowest BCUT2D eigenvalue weighted by atomic mass is 10.3. The van der Waals surface area contributed by atoms with Crippen LogP contribution in [0.4, 0.5) is 5.69 Å². The maximum atomic E-state index is 12.1. The third-order valence-corrected chi connectivity index (χ3v) is 4.31. The summed E-state index contributed by atoms with van der Waals surface area (Å²) in [6, 6.07) is 1.81. The molecule has 0 aromatic carbocycles. The molecule has 1 aromatic heterocycles. The fourth-order valence-corrected chi connectivity index (χ4v) is 2.86. The number of hydrogen-bond acceptors (Lipinski definition) is 5. The van der Waals surface area contributed by atoms with Crippen molar-refractivity contribution in [3.05, 3.63) is 18.5 Å². The molecular weight excluding hydrogens is 276 g/mol. The van der Waals surface area contributed by atoms with Gasteiger partial charge in [-0.3, -0.25) is 14.6 Å². The first-order chi connectivity index (χ1) is 9.58. The van der Waals surface area contributed by atoms with Crippen LogP contribution in [0.25, 0.3) is 0 Å². The Balaban J connectivity index is 1.82. The van der Waals surface area contributed by atoms with Crippen LogP contribution in [0, 0.1) is 0 Å². The Morgan fingerprint density at radius 3 is 2.55 bits per heavy atom. The monoisotopic (exact) mass is 294 g/mol. The molecule has 2 heterocycles. The number of hydrogen-bond donors (Lipinski definition) is 1. The zero-order valence-corrected chi connectivity index (χ0v) is 12.2. The van der Waals surface area contributed by atoms with Crippen LogP contribution in [0.1, 0.15) is 6.92 Å². The summed E-state index contributed by atoms with van der Waals surface area (Å²) < 4.78 is 0. The van der Waals surface area contributed by atoms with Gasteiger partial charge in [-0.2, -0.15) is 0 Å². The van der Waals surface area contributed by atoms with E-state index in [2.05, 4.69) is 4.98 Å². The molecule has 2 rings (SSSR count). The normalized spacial score (nSPS) is 15.2. The Hall–Kier alpha value is -1.76. The largest absolute Gasteiger partial charge is 0.397 e. The molecule has 1 aliphatic rings. The van der Waals surface area contributed by atoms with E-state index in [1.807, 2.05) is 0 Å². The van der Waals surface area contributed by atoms with Crippen molar-refractivity contribution in [2.75, 3.05) is 37.7 Å². The molecule has 20 heavy (non-hydrogen) atoms. The second-order valence-corrected chi connectivity index (χ2v) is 5.61. The van der Waals surface area contributed by atoms with E-state index in [0.29, 0.717) is 37.6 Å². The fraction of sp³-hybridized carbons (Fsp3) is 0.462. The van der Waals surface area contributed by atoms with E-state index in [4.69, 9.17) is 5.73 Å². The van der Waals surface area contributed by atoms with Crippen molar-refractivity contribution in [1.82, 2.24) is 14.8 Å². The number of nitrogens with two attached hydrogens (primary N) is 1. The zero-order chi connectivity index (χ0) is 14.5. The van der Waals surface area contributed by atoms with Gasteiger partial charge >= 0.3 is 0 Å². The molecule has 0 atom stereocenters. The lowest BCUT2D eigenvalue weighted by molar-refractivity contribution is -0.136. The van der Waals surface area contributed by atoms with Gasteiger partial charge in [0.1, 0.15) is 0 Å². The fourth-order valence-electron chi connectivity index (χ4n) is 2.03. The lowest BCUT2D eigenvalue weighted by Crippen LogP contribution is -2.50. The van der Waals surface area contributed by atoms with Crippen LogP contribution in [0.5, 0.6) is 0 Å². The highest BCUT2D eigenvalue weighted by Crippen LogP contribution is 2.23. The molecule has 1 fully saturated rings. The second-order valence-electron chi connectivity index (χ2n) is 4.59. The van der Waals surface area contributed by atoms with Crippen molar-refractivity contribution < 1.29 is 9.59 Å². The number of carbonyl (C=O) groups excluding carboxylic acids is 2. The van der Waals surface area contributed by atoms with Gasteiger partial charge < -0.3 is 15.5 Å². The van der Waals surface area contributed by atoms with Crippen LogP contribution in [0.3, 0.4) is 0 Å². The van der Waals surface area contributed by atoms with Gasteiger partial charge in [0, 0.05) is 44.2 Å². The molecule has 0 bridgehead atoms. The maximum Gasteiger partial charge on any atom is 0.233 e. The van der Waals surface area contributed by atoms with Gasteiger partial charge in [-0.1, -0.05) is 0 Å². The van der Waals surface area contributed by atoms with Crippen molar-refractivity contribution >= 4 is 29.3 Å². The first kappa shape index (κ1) is 14.6. The Kier molecular flexibility index (Phi) is 4.84. The molecule has 1 saturated heterocycles. The predicted octanol–water partition coefficient (Wildman–Crippen LogP) is 0.447. The first-order valence-corrected chi connectivity index (χ1v) is 7.42. The lowest BCUT2D eigenvalue weighted by Gasteiger charge is -2.34. The number of nitrogen functional groups attached to an aromatic ring is 1. The minimum absolute atomic E-state index is 0.0658. The first-order valence-electron chi connectivity index (χ1n) is 6.43. The summed E-state index contributed by atoms with van der Waals surface area (Å²) in [7, 11) is 0. The number of pyridine rings is 1. The molecule has 1 aliphatic heterocycles. The van der Waals surface area contributed by atoms with Crippen molar-refractivity contribution in [3.8, 4) is 0 Å². The van der Waals surface area contributed by atoms with Crippen LogP contribution in [0.15, 0.2) is 23.4 Å². The van der Waals surface area contributed by atoms with Gasteiger partial charge in [-0.15, -0.1) is 11.8 Å². The van der Waals surface area contributed by atoms with Crippen LogP contribution in [-0.2, 0) is 9.59 Å². The zero-order valence-electron chi connectivity index (χ0n) is 11.4. The van der Waals surface area contributed by atoms with Crippen LogP contribution in [-0.4, -0.2) is 58.5 Å². The summed E-state index contributed by atoms with van der Waals surface area (Å²) in [5, 5.41) is 0. The number of carbonyl (C=O) groups is 2. The topological polar surface area (TPSA) is 79.5 Å². The summed E-state index contributed by atoms with van der Waals surface area (Å²) in [6.07, 6.45) is 3.24. The number of rotatable bonds is 3. The van der Waals surface area contributed by atoms with Gasteiger partial charge in [0.2, 0.25) is 11.8 Å². The summed E-state index contributed by atoms with van der Waals surface area (Å²) in [4.78, 5) is 31.7. The summed E-state index contributed by atoms with van der Waals surface area (Å²) >= 11 is 1.42. The van der Waals surface area contributed by atoms with Crippen molar-refractivity contribution in [2.24, 2.45) is 0 Å². The third kappa shape index (κ3) is 3.63. The Morgan fingerprint density at radius 2 is 1.95 bits per heavy atom. The maximum absolute atomic E-state index is 12.1. The number of anilines is 1. The Morgan fingerprint density at radius 1 is 1.30 bits per heavy atom. The summed E-state index contributed by atoms with van der Waals surface area (Å²) in [5.41, 5.74) is 6.37.